The molecule has 2 aromatic rings. The Bertz CT molecular complexity index is 685. The first-order valence-electron chi connectivity index (χ1n) is 7.50. The normalized spacial score (nSPS) is 15.1. The van der Waals surface area contributed by atoms with Gasteiger partial charge in [0.15, 0.2) is 0 Å². The van der Waals surface area contributed by atoms with Crippen LogP contribution in [0.5, 0.6) is 0 Å². The van der Waals surface area contributed by atoms with Gasteiger partial charge in [0.2, 0.25) is 0 Å². The number of pyridine rings is 1. The second kappa shape index (κ2) is 10.3. The van der Waals surface area contributed by atoms with E-state index in [9.17, 15) is 9.59 Å². The Morgan fingerprint density at radius 1 is 1.29 bits per heavy atom. The van der Waals surface area contributed by atoms with Crippen LogP contribution in [-0.2, 0) is 4.79 Å². The van der Waals surface area contributed by atoms with Crippen molar-refractivity contribution in [2.75, 3.05) is 5.75 Å². The molecular weight excluding hydrogens is 360 g/mol. The molecule has 1 aliphatic heterocycles. The topological polar surface area (TPSA) is 59.1 Å². The Labute approximate surface area is 154 Å². The van der Waals surface area contributed by atoms with E-state index in [1.54, 1.807) is 17.4 Å². The molecule has 0 aliphatic carbocycles. The maximum absolute atomic E-state index is 11.1. The lowest BCUT2D eigenvalue weighted by Crippen LogP contribution is -2.17. The second-order valence-corrected chi connectivity index (χ2v) is 7.69. The van der Waals surface area contributed by atoms with Crippen LogP contribution in [0.1, 0.15) is 25.3 Å². The fraction of sp³-hybridized carbons (Fsp3) is 0.235. The first-order valence-corrected chi connectivity index (χ1v) is 10.2. The number of imide groups is 1. The molecule has 0 unspecified atom stereocenters. The molecule has 4 nitrogen and oxygen atoms in total. The number of amides is 2. The quantitative estimate of drug-likeness (QED) is 0.448. The van der Waals surface area contributed by atoms with E-state index in [2.05, 4.69) is 23.3 Å². The van der Waals surface area contributed by atoms with Crippen molar-refractivity contribution < 1.29 is 9.59 Å². The summed E-state index contributed by atoms with van der Waals surface area (Å²) in [6.07, 6.45) is 6.09. The average Bonchev–Trinajstić information content (AvgIpc) is 3.20. The van der Waals surface area contributed by atoms with Gasteiger partial charge in [-0.3, -0.25) is 14.9 Å². The monoisotopic (exact) mass is 378 g/mol. The predicted octanol–water partition coefficient (Wildman–Crippen LogP) is 5.05. The average molecular weight is 379 g/mol. The number of unbranched alkanes of at least 4 members (excludes halogenated alkanes) is 1. The highest BCUT2D eigenvalue weighted by molar-refractivity contribution is 8.18. The summed E-state index contributed by atoms with van der Waals surface area (Å²) in [6.45, 7) is 2.21. The number of rotatable bonds is 5. The van der Waals surface area contributed by atoms with Crippen LogP contribution < -0.4 is 5.32 Å². The molecular formula is C17H18N2O2S3. The van der Waals surface area contributed by atoms with Gasteiger partial charge in [-0.1, -0.05) is 19.4 Å². The van der Waals surface area contributed by atoms with Crippen molar-refractivity contribution in [3.63, 3.8) is 0 Å². The van der Waals surface area contributed by atoms with Crippen molar-refractivity contribution in [2.45, 2.75) is 24.8 Å². The van der Waals surface area contributed by atoms with Crippen LogP contribution in [0.2, 0.25) is 0 Å². The number of thioether (sulfide) groups is 2. The summed E-state index contributed by atoms with van der Waals surface area (Å²) < 4.78 is 0. The zero-order valence-electron chi connectivity index (χ0n) is 13.2. The van der Waals surface area contributed by atoms with Crippen molar-refractivity contribution in [1.29, 1.82) is 0 Å². The Balaban J connectivity index is 0.000000177. The molecule has 2 aromatic heterocycles. The van der Waals surface area contributed by atoms with Crippen LogP contribution in [0, 0.1) is 0 Å². The minimum atomic E-state index is -0.304. The van der Waals surface area contributed by atoms with Crippen LogP contribution in [-0.4, -0.2) is 21.9 Å². The first-order chi connectivity index (χ1) is 11.7. The van der Waals surface area contributed by atoms with E-state index in [4.69, 9.17) is 0 Å². The van der Waals surface area contributed by atoms with Gasteiger partial charge in [-0.2, -0.15) is 11.3 Å². The molecule has 1 N–H and O–H groups in total. The number of thiophene rings is 1. The minimum absolute atomic E-state index is 0.300. The number of aromatic nitrogens is 1. The van der Waals surface area contributed by atoms with E-state index in [1.807, 2.05) is 46.9 Å². The highest BCUT2D eigenvalue weighted by Crippen LogP contribution is 2.25. The number of hydrogen-bond acceptors (Lipinski definition) is 6. The Morgan fingerprint density at radius 2 is 2.17 bits per heavy atom. The zero-order valence-corrected chi connectivity index (χ0v) is 15.7. The number of nitrogens with one attached hydrogen (secondary N) is 1. The number of nitrogens with zero attached hydrogens (tertiary/aromatic N) is 1. The maximum atomic E-state index is 11.1. The van der Waals surface area contributed by atoms with Gasteiger partial charge in [0, 0.05) is 6.20 Å². The van der Waals surface area contributed by atoms with Gasteiger partial charge in [0.1, 0.15) is 0 Å². The van der Waals surface area contributed by atoms with Crippen molar-refractivity contribution in [2.24, 2.45) is 0 Å². The standard InChI is InChI=1S/C9H13NS.C8H5NO2S2/c1-2-3-8-11-9-6-4-5-7-10-9;10-7-6(13-8(11)9-7)3-5-1-2-12-4-5/h4-7H,2-3,8H2,1H3;1-4H,(H,9,10,11). The molecule has 1 fully saturated rings. The van der Waals surface area contributed by atoms with E-state index in [0.717, 1.165) is 22.4 Å². The number of hydrogen-bond donors (Lipinski definition) is 1. The summed E-state index contributed by atoms with van der Waals surface area (Å²) in [4.78, 5) is 26.6. The Kier molecular flexibility index (Phi) is 8.07. The summed E-state index contributed by atoms with van der Waals surface area (Å²) in [5.41, 5.74) is 0.956. The van der Waals surface area contributed by atoms with Crippen LogP contribution in [0.3, 0.4) is 0 Å². The van der Waals surface area contributed by atoms with Crippen molar-refractivity contribution in [3.05, 3.63) is 51.7 Å². The highest BCUT2D eigenvalue weighted by atomic mass is 32.2. The fourth-order valence-corrected chi connectivity index (χ4v) is 3.94. The Morgan fingerprint density at radius 3 is 2.75 bits per heavy atom. The van der Waals surface area contributed by atoms with E-state index >= 15 is 0 Å². The summed E-state index contributed by atoms with van der Waals surface area (Å²) >= 11 is 4.33. The van der Waals surface area contributed by atoms with E-state index in [-0.39, 0.29) is 11.1 Å². The summed E-state index contributed by atoms with van der Waals surface area (Å²) in [6, 6.07) is 7.93. The van der Waals surface area contributed by atoms with Crippen LogP contribution >= 0.6 is 34.9 Å². The minimum Gasteiger partial charge on any atom is -0.282 e. The van der Waals surface area contributed by atoms with Crippen LogP contribution in [0.4, 0.5) is 4.79 Å². The molecule has 0 aromatic carbocycles. The van der Waals surface area contributed by atoms with Crippen molar-refractivity contribution in [1.82, 2.24) is 10.3 Å². The lowest BCUT2D eigenvalue weighted by atomic mass is 10.3. The molecule has 7 heteroatoms. The van der Waals surface area contributed by atoms with Gasteiger partial charge in [-0.05, 0) is 64.5 Å². The maximum Gasteiger partial charge on any atom is 0.290 e. The van der Waals surface area contributed by atoms with Gasteiger partial charge in [0.25, 0.3) is 11.1 Å². The molecule has 3 heterocycles. The second-order valence-electron chi connectivity index (χ2n) is 4.78. The molecule has 2 amide bonds. The molecule has 24 heavy (non-hydrogen) atoms. The molecule has 1 aliphatic rings. The lowest BCUT2D eigenvalue weighted by molar-refractivity contribution is -0.115. The van der Waals surface area contributed by atoms with Crippen LogP contribution in [0.25, 0.3) is 6.08 Å². The third-order valence-corrected chi connectivity index (χ3v) is 5.41. The van der Waals surface area contributed by atoms with E-state index in [1.165, 1.54) is 18.6 Å². The SMILES string of the molecule is CCCCSc1ccccn1.O=C1NC(=O)C(=Cc2ccsc2)S1. The van der Waals surface area contributed by atoms with Crippen molar-refractivity contribution >= 4 is 52.1 Å². The van der Waals surface area contributed by atoms with Gasteiger partial charge in [-0.15, -0.1) is 11.8 Å². The molecule has 0 atom stereocenters. The Hall–Kier alpha value is -1.57. The smallest absolute Gasteiger partial charge is 0.282 e. The summed E-state index contributed by atoms with van der Waals surface area (Å²) in [7, 11) is 0. The van der Waals surface area contributed by atoms with Gasteiger partial charge in [-0.25, -0.2) is 4.98 Å². The van der Waals surface area contributed by atoms with E-state index < -0.39 is 0 Å². The third kappa shape index (κ3) is 6.51. The predicted molar refractivity (Wildman–Crippen MR) is 103 cm³/mol. The summed E-state index contributed by atoms with van der Waals surface area (Å²) in [5.74, 6) is 0.884. The fourth-order valence-electron chi connectivity index (χ4n) is 1.68. The first kappa shape index (κ1) is 18.8. The molecule has 0 bridgehead atoms. The molecule has 0 spiro atoms. The summed E-state index contributed by atoms with van der Waals surface area (Å²) in [5, 5.41) is 6.88. The van der Waals surface area contributed by atoms with E-state index in [0.29, 0.717) is 4.91 Å². The highest BCUT2D eigenvalue weighted by Gasteiger charge is 2.24. The molecule has 0 radical (unpaired) electrons. The number of carbonyl (C=O) groups excluding carboxylic acids is 2. The van der Waals surface area contributed by atoms with Gasteiger partial charge >= 0.3 is 0 Å². The zero-order chi connectivity index (χ0) is 17.2. The molecule has 0 saturated carbocycles. The molecule has 3 rings (SSSR count). The lowest BCUT2D eigenvalue weighted by Gasteiger charge is -1.96. The van der Waals surface area contributed by atoms with Crippen molar-refractivity contribution in [3.8, 4) is 0 Å². The number of carbonyl (C=O) groups is 2. The molecule has 126 valence electrons. The largest absolute Gasteiger partial charge is 0.290 e. The van der Waals surface area contributed by atoms with Gasteiger partial charge < -0.3 is 0 Å². The molecule has 1 saturated heterocycles. The third-order valence-electron chi connectivity index (χ3n) is 2.87. The van der Waals surface area contributed by atoms with Crippen LogP contribution in [0.15, 0.2) is 51.2 Å². The van der Waals surface area contributed by atoms with Gasteiger partial charge in [0.05, 0.1) is 9.93 Å².